The second kappa shape index (κ2) is 5.53. The zero-order valence-corrected chi connectivity index (χ0v) is 10.6. The third-order valence-corrected chi connectivity index (χ3v) is 3.37. The van der Waals surface area contributed by atoms with Crippen molar-refractivity contribution in [2.45, 2.75) is 4.90 Å². The van der Waals surface area contributed by atoms with Gasteiger partial charge in [0.15, 0.2) is 0 Å². The zero-order valence-electron chi connectivity index (χ0n) is 9.01. The molecule has 1 heterocycles. The summed E-state index contributed by atoms with van der Waals surface area (Å²) in [6.07, 6.45) is 2.35. The van der Waals surface area contributed by atoms with Crippen LogP contribution in [-0.2, 0) is 10.0 Å². The molecule has 0 unspecified atom stereocenters. The van der Waals surface area contributed by atoms with E-state index in [1.54, 1.807) is 0 Å². The van der Waals surface area contributed by atoms with Crippen LogP contribution in [0, 0.1) is 0 Å². The van der Waals surface area contributed by atoms with Crippen molar-refractivity contribution in [1.29, 1.82) is 0 Å². The first-order valence-electron chi connectivity index (χ1n) is 4.54. The Morgan fingerprint density at radius 3 is 2.44 bits per heavy atom. The zero-order chi connectivity index (χ0) is 12.2. The van der Waals surface area contributed by atoms with Gasteiger partial charge in [0, 0.05) is 13.1 Å². The number of hydrogen-bond acceptors (Lipinski definition) is 5. The van der Waals surface area contributed by atoms with Crippen molar-refractivity contribution in [3.63, 3.8) is 0 Å². The molecule has 1 N–H and O–H groups in total. The minimum Gasteiger partial charge on any atom is -0.308 e. The normalized spacial score (nSPS) is 12.0. The van der Waals surface area contributed by atoms with E-state index in [4.69, 9.17) is 11.6 Å². The molecule has 6 nitrogen and oxygen atoms in total. The summed E-state index contributed by atoms with van der Waals surface area (Å²) in [5.74, 6) is 0. The van der Waals surface area contributed by atoms with Crippen molar-refractivity contribution in [2.75, 3.05) is 27.2 Å². The number of hydrogen-bond donors (Lipinski definition) is 1. The molecule has 0 spiro atoms. The number of halogens is 1. The van der Waals surface area contributed by atoms with Crippen LogP contribution in [0.4, 0.5) is 0 Å². The van der Waals surface area contributed by atoms with Crippen LogP contribution >= 0.6 is 11.6 Å². The van der Waals surface area contributed by atoms with E-state index in [9.17, 15) is 8.42 Å². The molecular weight excluding hydrogens is 252 g/mol. The van der Waals surface area contributed by atoms with Gasteiger partial charge in [-0.25, -0.2) is 23.1 Å². The van der Waals surface area contributed by atoms with Crippen molar-refractivity contribution < 1.29 is 8.42 Å². The number of aromatic nitrogens is 2. The lowest BCUT2D eigenvalue weighted by Gasteiger charge is -2.10. The van der Waals surface area contributed by atoms with E-state index < -0.39 is 10.0 Å². The number of rotatable bonds is 5. The Bertz CT molecular complexity index is 432. The second-order valence-electron chi connectivity index (χ2n) is 3.39. The summed E-state index contributed by atoms with van der Waals surface area (Å²) in [7, 11) is 0.189. The van der Waals surface area contributed by atoms with Crippen LogP contribution in [0.15, 0.2) is 17.3 Å². The molecule has 0 bridgehead atoms. The Kier molecular flexibility index (Phi) is 4.60. The van der Waals surface area contributed by atoms with E-state index in [0.29, 0.717) is 13.1 Å². The molecule has 0 radical (unpaired) electrons. The fraction of sp³-hybridized carbons (Fsp3) is 0.500. The van der Waals surface area contributed by atoms with Crippen LogP contribution in [0.3, 0.4) is 0 Å². The maximum absolute atomic E-state index is 11.7. The molecule has 0 fully saturated rings. The van der Waals surface area contributed by atoms with Gasteiger partial charge in [-0.2, -0.15) is 0 Å². The Balaban J connectivity index is 2.67. The highest BCUT2D eigenvalue weighted by Crippen LogP contribution is 2.06. The van der Waals surface area contributed by atoms with Gasteiger partial charge in [0.2, 0.25) is 15.3 Å². The third-order valence-electron chi connectivity index (χ3n) is 1.76. The number of sulfonamides is 1. The predicted octanol–water partition coefficient (Wildman–Crippen LogP) is -0.0301. The van der Waals surface area contributed by atoms with E-state index in [1.165, 1.54) is 12.4 Å². The molecule has 8 heteroatoms. The first-order valence-corrected chi connectivity index (χ1v) is 6.40. The van der Waals surface area contributed by atoms with Crippen molar-refractivity contribution in [2.24, 2.45) is 0 Å². The quantitative estimate of drug-likeness (QED) is 0.756. The minimum absolute atomic E-state index is 0.00987. The van der Waals surface area contributed by atoms with Crippen LogP contribution in [0.2, 0.25) is 5.28 Å². The second-order valence-corrected chi connectivity index (χ2v) is 5.49. The molecule has 0 aliphatic carbocycles. The first-order chi connectivity index (χ1) is 7.42. The summed E-state index contributed by atoms with van der Waals surface area (Å²) in [4.78, 5) is 9.11. The minimum atomic E-state index is -3.53. The summed E-state index contributed by atoms with van der Waals surface area (Å²) in [6, 6.07) is 0. The SMILES string of the molecule is CN(C)CCNS(=O)(=O)c1cnc(Cl)nc1. The van der Waals surface area contributed by atoms with E-state index in [2.05, 4.69) is 14.7 Å². The highest BCUT2D eigenvalue weighted by molar-refractivity contribution is 7.89. The molecule has 0 aliphatic rings. The molecule has 0 saturated carbocycles. The van der Waals surface area contributed by atoms with Gasteiger partial charge in [-0.15, -0.1) is 0 Å². The smallest absolute Gasteiger partial charge is 0.243 e. The Hall–Kier alpha value is -0.760. The Morgan fingerprint density at radius 2 is 1.94 bits per heavy atom. The van der Waals surface area contributed by atoms with Gasteiger partial charge in [-0.3, -0.25) is 0 Å². The Labute approximate surface area is 99.7 Å². The van der Waals surface area contributed by atoms with Crippen molar-refractivity contribution in [3.05, 3.63) is 17.7 Å². The highest BCUT2D eigenvalue weighted by atomic mass is 35.5. The van der Waals surface area contributed by atoms with Crippen molar-refractivity contribution in [3.8, 4) is 0 Å². The fourth-order valence-corrected chi connectivity index (χ4v) is 1.93. The van der Waals surface area contributed by atoms with E-state index >= 15 is 0 Å². The summed E-state index contributed by atoms with van der Waals surface area (Å²) in [5.41, 5.74) is 0. The van der Waals surface area contributed by atoms with Gasteiger partial charge in [0.05, 0.1) is 12.4 Å². The van der Waals surface area contributed by atoms with Crippen molar-refractivity contribution in [1.82, 2.24) is 19.6 Å². The molecule has 1 aromatic heterocycles. The molecule has 90 valence electrons. The molecule has 0 saturated heterocycles. The number of nitrogens with one attached hydrogen (secondary N) is 1. The van der Waals surface area contributed by atoms with Gasteiger partial charge < -0.3 is 4.90 Å². The molecule has 0 atom stereocenters. The van der Waals surface area contributed by atoms with Crippen molar-refractivity contribution >= 4 is 21.6 Å². The molecule has 1 aromatic rings. The van der Waals surface area contributed by atoms with Crippen LogP contribution in [0.25, 0.3) is 0 Å². The largest absolute Gasteiger partial charge is 0.308 e. The van der Waals surface area contributed by atoms with Crippen LogP contribution < -0.4 is 4.72 Å². The van der Waals surface area contributed by atoms with E-state index in [0.717, 1.165) is 0 Å². The molecule has 0 aromatic carbocycles. The summed E-state index contributed by atoms with van der Waals surface area (Å²) >= 11 is 5.46. The lowest BCUT2D eigenvalue weighted by Crippen LogP contribution is -2.31. The summed E-state index contributed by atoms with van der Waals surface area (Å²) in [5, 5.41) is 0.0206. The highest BCUT2D eigenvalue weighted by Gasteiger charge is 2.14. The van der Waals surface area contributed by atoms with Crippen LogP contribution in [0.1, 0.15) is 0 Å². The van der Waals surface area contributed by atoms with Crippen LogP contribution in [0.5, 0.6) is 0 Å². The summed E-state index contributed by atoms with van der Waals surface area (Å²) < 4.78 is 25.8. The maximum Gasteiger partial charge on any atom is 0.243 e. The molecule has 0 aliphatic heterocycles. The molecule has 16 heavy (non-hydrogen) atoms. The fourth-order valence-electron chi connectivity index (χ4n) is 0.926. The Morgan fingerprint density at radius 1 is 1.38 bits per heavy atom. The molecular formula is C8H13ClN4O2S. The maximum atomic E-state index is 11.7. The number of likely N-dealkylation sites (N-methyl/N-ethyl adjacent to an activating group) is 1. The van der Waals surface area contributed by atoms with Gasteiger partial charge in [-0.05, 0) is 25.7 Å². The monoisotopic (exact) mass is 264 g/mol. The third kappa shape index (κ3) is 4.01. The van der Waals surface area contributed by atoms with E-state index in [-0.39, 0.29) is 10.2 Å². The van der Waals surface area contributed by atoms with Gasteiger partial charge >= 0.3 is 0 Å². The van der Waals surface area contributed by atoms with Gasteiger partial charge in [-0.1, -0.05) is 0 Å². The predicted molar refractivity (Wildman–Crippen MR) is 60.8 cm³/mol. The van der Waals surface area contributed by atoms with E-state index in [1.807, 2.05) is 19.0 Å². The number of nitrogens with zero attached hydrogens (tertiary/aromatic N) is 3. The molecule has 0 amide bonds. The van der Waals surface area contributed by atoms with Crippen LogP contribution in [-0.4, -0.2) is 50.5 Å². The first kappa shape index (κ1) is 13.3. The lowest BCUT2D eigenvalue weighted by molar-refractivity contribution is 0.412. The summed E-state index contributed by atoms with van der Waals surface area (Å²) in [6.45, 7) is 0.950. The average Bonchev–Trinajstić information content (AvgIpc) is 2.17. The lowest BCUT2D eigenvalue weighted by atomic mass is 10.6. The van der Waals surface area contributed by atoms with Gasteiger partial charge in [0.1, 0.15) is 4.90 Å². The van der Waals surface area contributed by atoms with Gasteiger partial charge in [0.25, 0.3) is 0 Å². The average molecular weight is 265 g/mol. The topological polar surface area (TPSA) is 75.2 Å². The molecule has 1 rings (SSSR count). The standard InChI is InChI=1S/C8H13ClN4O2S/c1-13(2)4-3-12-16(14,15)7-5-10-8(9)11-6-7/h5-6,12H,3-4H2,1-2H3.